The summed E-state index contributed by atoms with van der Waals surface area (Å²) < 4.78 is 35.5. The van der Waals surface area contributed by atoms with Gasteiger partial charge in [0.25, 0.3) is 0 Å². The number of hydrogen-bond donors (Lipinski definition) is 1. The van der Waals surface area contributed by atoms with Crippen LogP contribution in [0.15, 0.2) is 53.3 Å². The number of nitrogens with one attached hydrogen (secondary N) is 1. The number of benzene rings is 2. The van der Waals surface area contributed by atoms with Crippen LogP contribution in [-0.4, -0.2) is 26.5 Å². The number of alkyl carbamates (subject to hydrolysis) is 1. The van der Waals surface area contributed by atoms with E-state index in [2.05, 4.69) is 10.4 Å². The fourth-order valence-corrected chi connectivity index (χ4v) is 4.47. The number of rotatable bonds is 5. The lowest BCUT2D eigenvalue weighted by molar-refractivity contribution is 0.120. The molecular weight excluding hydrogens is 418 g/mol. The first-order chi connectivity index (χ1) is 15.5. The molecule has 3 aromatic rings. The predicted octanol–water partition coefficient (Wildman–Crippen LogP) is 3.49. The number of carbonyl (C=O) groups is 1. The molecule has 5 rings (SSSR count). The molecule has 166 valence electrons. The average Bonchev–Trinajstić information content (AvgIpc) is 3.29. The van der Waals surface area contributed by atoms with Crippen molar-refractivity contribution < 1.29 is 18.3 Å². The van der Waals surface area contributed by atoms with E-state index in [1.807, 2.05) is 30.3 Å². The molecule has 7 nitrogen and oxygen atoms in total. The number of aryl methyl sites for hydroxylation is 1. The quantitative estimate of drug-likeness (QED) is 0.659. The van der Waals surface area contributed by atoms with Crippen molar-refractivity contribution >= 4 is 6.09 Å². The number of hydrogen-bond acceptors (Lipinski definition) is 4. The van der Waals surface area contributed by atoms with Gasteiger partial charge in [-0.15, -0.1) is 0 Å². The highest BCUT2D eigenvalue weighted by atomic mass is 19.1. The summed E-state index contributed by atoms with van der Waals surface area (Å²) in [5, 5.41) is 7.27. The molecule has 0 saturated heterocycles. The van der Waals surface area contributed by atoms with E-state index >= 15 is 0 Å². The standard InChI is InChI=1S/C23H22F2N4O3/c24-16-8-15(9-17(25)10-16)20-6-7-21-27-29(23(31)28(20)21)19-11-18(12-19)26-22(30)32-13-14-4-2-1-3-5-14/h1-5,8-10,18-20H,6-7,11-13H2,(H,26,30)/t18?,19?,20-/m0/s1. The van der Waals surface area contributed by atoms with Crippen molar-refractivity contribution in [1.82, 2.24) is 19.7 Å². The lowest BCUT2D eigenvalue weighted by Gasteiger charge is -2.34. The molecule has 1 N–H and O–H groups in total. The SMILES string of the molecule is O=C(NC1CC(n2nc3n(c2=O)[C@H](c2cc(F)cc(F)c2)CC3)C1)OCc1ccccc1. The Balaban J connectivity index is 1.21. The Morgan fingerprint density at radius 1 is 1.12 bits per heavy atom. The first-order valence-corrected chi connectivity index (χ1v) is 10.6. The molecule has 0 bridgehead atoms. The molecule has 2 heterocycles. The Labute approximate surface area is 182 Å². The van der Waals surface area contributed by atoms with Crippen molar-refractivity contribution in [3.8, 4) is 0 Å². The van der Waals surface area contributed by atoms with Gasteiger partial charge in [0.1, 0.15) is 24.1 Å². The average molecular weight is 440 g/mol. The molecule has 1 atom stereocenters. The number of halogens is 2. The van der Waals surface area contributed by atoms with Crippen LogP contribution >= 0.6 is 0 Å². The summed E-state index contributed by atoms with van der Waals surface area (Å²) in [4.78, 5) is 25.0. The normalized spacial score (nSPS) is 21.6. The summed E-state index contributed by atoms with van der Waals surface area (Å²) in [6.45, 7) is 0.193. The van der Waals surface area contributed by atoms with E-state index in [-0.39, 0.29) is 24.4 Å². The molecule has 1 aliphatic carbocycles. The molecule has 0 unspecified atom stereocenters. The van der Waals surface area contributed by atoms with Gasteiger partial charge in [0.05, 0.1) is 12.1 Å². The fraction of sp³-hybridized carbons (Fsp3) is 0.348. The first-order valence-electron chi connectivity index (χ1n) is 10.6. The summed E-state index contributed by atoms with van der Waals surface area (Å²) in [6, 6.07) is 12.1. The van der Waals surface area contributed by atoms with Crippen LogP contribution in [0, 0.1) is 11.6 Å². The number of fused-ring (bicyclic) bond motifs is 1. The van der Waals surface area contributed by atoms with Crippen molar-refractivity contribution in [3.63, 3.8) is 0 Å². The summed E-state index contributed by atoms with van der Waals surface area (Å²) in [7, 11) is 0. The highest BCUT2D eigenvalue weighted by Gasteiger charge is 2.37. The Morgan fingerprint density at radius 2 is 1.84 bits per heavy atom. The van der Waals surface area contributed by atoms with Gasteiger partial charge in [0.15, 0.2) is 0 Å². The maximum atomic E-state index is 13.7. The Hall–Kier alpha value is -3.49. The Morgan fingerprint density at radius 3 is 2.56 bits per heavy atom. The van der Waals surface area contributed by atoms with E-state index in [0.29, 0.717) is 37.1 Å². The van der Waals surface area contributed by atoms with E-state index in [1.54, 1.807) is 0 Å². The van der Waals surface area contributed by atoms with Gasteiger partial charge in [-0.1, -0.05) is 30.3 Å². The van der Waals surface area contributed by atoms with Crippen LogP contribution in [0.25, 0.3) is 0 Å². The third kappa shape index (κ3) is 3.90. The number of nitrogens with zero attached hydrogens (tertiary/aromatic N) is 3. The smallest absolute Gasteiger partial charge is 0.407 e. The number of amides is 1. The van der Waals surface area contributed by atoms with Crippen molar-refractivity contribution in [1.29, 1.82) is 0 Å². The molecule has 0 radical (unpaired) electrons. The molecule has 1 aliphatic heterocycles. The van der Waals surface area contributed by atoms with E-state index < -0.39 is 23.8 Å². The molecule has 0 spiro atoms. The number of ether oxygens (including phenoxy) is 1. The zero-order chi connectivity index (χ0) is 22.2. The summed E-state index contributed by atoms with van der Waals surface area (Å²) >= 11 is 0. The minimum absolute atomic E-state index is 0.0974. The minimum atomic E-state index is -0.666. The van der Waals surface area contributed by atoms with Gasteiger partial charge in [-0.05, 0) is 42.5 Å². The molecule has 1 amide bonds. The minimum Gasteiger partial charge on any atom is -0.445 e. The monoisotopic (exact) mass is 440 g/mol. The second-order valence-corrected chi connectivity index (χ2v) is 8.30. The fourth-order valence-electron chi connectivity index (χ4n) is 4.47. The van der Waals surface area contributed by atoms with E-state index in [1.165, 1.54) is 21.4 Å². The molecule has 2 aromatic carbocycles. The third-order valence-electron chi connectivity index (χ3n) is 6.12. The van der Waals surface area contributed by atoms with E-state index in [9.17, 15) is 18.4 Å². The van der Waals surface area contributed by atoms with Crippen LogP contribution in [0.1, 0.15) is 48.3 Å². The van der Waals surface area contributed by atoms with Crippen molar-refractivity contribution in [2.24, 2.45) is 0 Å². The molecule has 1 saturated carbocycles. The van der Waals surface area contributed by atoms with Crippen molar-refractivity contribution in [3.05, 3.63) is 87.6 Å². The lowest BCUT2D eigenvalue weighted by atomic mass is 9.87. The van der Waals surface area contributed by atoms with Crippen LogP contribution in [0.4, 0.5) is 13.6 Å². The molecule has 9 heteroatoms. The third-order valence-corrected chi connectivity index (χ3v) is 6.12. The van der Waals surface area contributed by atoms with Crippen molar-refractivity contribution in [2.75, 3.05) is 0 Å². The van der Waals surface area contributed by atoms with E-state index in [4.69, 9.17) is 4.74 Å². The number of aromatic nitrogens is 3. The van der Waals surface area contributed by atoms with Gasteiger partial charge in [-0.2, -0.15) is 5.10 Å². The molecular formula is C23H22F2N4O3. The maximum absolute atomic E-state index is 13.7. The van der Waals surface area contributed by atoms with Gasteiger partial charge in [0.2, 0.25) is 0 Å². The van der Waals surface area contributed by atoms with Gasteiger partial charge in [-0.3, -0.25) is 4.57 Å². The Kier molecular flexibility index (Phi) is 5.24. The molecule has 1 fully saturated rings. The van der Waals surface area contributed by atoms with Crippen LogP contribution < -0.4 is 11.0 Å². The van der Waals surface area contributed by atoms with E-state index in [0.717, 1.165) is 11.6 Å². The Bertz CT molecular complexity index is 1180. The maximum Gasteiger partial charge on any atom is 0.407 e. The highest BCUT2D eigenvalue weighted by molar-refractivity contribution is 5.67. The second-order valence-electron chi connectivity index (χ2n) is 8.30. The molecule has 1 aromatic heterocycles. The van der Waals surface area contributed by atoms with Crippen LogP contribution in [0.2, 0.25) is 0 Å². The number of carbonyl (C=O) groups excluding carboxylic acids is 1. The summed E-state index contributed by atoms with van der Waals surface area (Å²) in [6.07, 6.45) is 1.77. The van der Waals surface area contributed by atoms with Crippen LogP contribution in [0.5, 0.6) is 0 Å². The lowest BCUT2D eigenvalue weighted by Crippen LogP contribution is -2.47. The summed E-state index contributed by atoms with van der Waals surface area (Å²) in [5.41, 5.74) is 1.04. The topological polar surface area (TPSA) is 78.2 Å². The van der Waals surface area contributed by atoms with Gasteiger partial charge in [-0.25, -0.2) is 23.1 Å². The molecule has 2 aliphatic rings. The first kappa shape index (κ1) is 20.4. The van der Waals surface area contributed by atoms with Crippen LogP contribution in [0.3, 0.4) is 0 Å². The van der Waals surface area contributed by atoms with Gasteiger partial charge >= 0.3 is 11.8 Å². The second kappa shape index (κ2) is 8.22. The van der Waals surface area contributed by atoms with Crippen LogP contribution in [-0.2, 0) is 17.8 Å². The summed E-state index contributed by atoms with van der Waals surface area (Å²) in [5.74, 6) is -0.717. The zero-order valence-corrected chi connectivity index (χ0v) is 17.2. The molecule has 32 heavy (non-hydrogen) atoms. The predicted molar refractivity (Wildman–Crippen MR) is 111 cm³/mol. The zero-order valence-electron chi connectivity index (χ0n) is 17.2. The van der Waals surface area contributed by atoms with Gasteiger partial charge < -0.3 is 10.1 Å². The largest absolute Gasteiger partial charge is 0.445 e. The highest BCUT2D eigenvalue weighted by Crippen LogP contribution is 2.34. The van der Waals surface area contributed by atoms with Crippen molar-refractivity contribution in [2.45, 2.75) is 50.4 Å². The van der Waals surface area contributed by atoms with Gasteiger partial charge in [0, 0.05) is 18.5 Å².